The molecule has 0 aliphatic carbocycles. The van der Waals surface area contributed by atoms with Gasteiger partial charge in [0, 0.05) is 19.3 Å². The first kappa shape index (κ1) is 20.2. The minimum absolute atomic E-state index is 0. The topological polar surface area (TPSA) is 88.7 Å². The number of ether oxygens (including phenoxy) is 2. The van der Waals surface area contributed by atoms with E-state index in [9.17, 15) is 9.59 Å². The number of amides is 2. The third-order valence-electron chi connectivity index (χ3n) is 3.60. The lowest BCUT2D eigenvalue weighted by molar-refractivity contribution is -0.124. The summed E-state index contributed by atoms with van der Waals surface area (Å²) in [5, 5.41) is 8.53. The van der Waals surface area contributed by atoms with Crippen molar-refractivity contribution in [3.63, 3.8) is 0 Å². The molecule has 0 spiro atoms. The van der Waals surface area contributed by atoms with Crippen LogP contribution in [0.5, 0.6) is 5.75 Å². The second-order valence-electron chi connectivity index (χ2n) is 5.29. The smallest absolute Gasteiger partial charge is 0.244 e. The molecule has 1 aliphatic heterocycles. The lowest BCUT2D eigenvalue weighted by atomic mass is 10.1. The summed E-state index contributed by atoms with van der Waals surface area (Å²) in [6, 6.07) is 6.69. The lowest BCUT2D eigenvalue weighted by Crippen LogP contribution is -2.53. The standard InChI is InChI=1S/C16H23N3O4.ClH/c1-11-15(18-8-10-22-11)16(21)19-12-3-5-13(6-4-12)23-9-7-14(20)17-2;/h3-6,11,15,18H,7-10H2,1-2H3,(H,17,20)(H,19,21);1H/t11-,15+;/m1./s1. The SMILES string of the molecule is CNC(=O)CCOc1ccc(NC(=O)[C@H]2NCCO[C@@H]2C)cc1.Cl. The van der Waals surface area contributed by atoms with E-state index < -0.39 is 0 Å². The Bertz CT molecular complexity index is 539. The number of carbonyl (C=O) groups excluding carboxylic acids is 2. The van der Waals surface area contributed by atoms with Crippen LogP contribution in [-0.4, -0.2) is 50.8 Å². The Morgan fingerprint density at radius 3 is 2.67 bits per heavy atom. The van der Waals surface area contributed by atoms with Crippen molar-refractivity contribution >= 4 is 29.9 Å². The molecule has 2 rings (SSSR count). The van der Waals surface area contributed by atoms with Crippen molar-refractivity contribution in [3.05, 3.63) is 24.3 Å². The molecule has 0 saturated carbocycles. The monoisotopic (exact) mass is 357 g/mol. The van der Waals surface area contributed by atoms with Crippen molar-refractivity contribution in [2.24, 2.45) is 0 Å². The molecule has 134 valence electrons. The molecule has 2 atom stereocenters. The van der Waals surface area contributed by atoms with E-state index in [4.69, 9.17) is 9.47 Å². The molecule has 7 nitrogen and oxygen atoms in total. The second kappa shape index (κ2) is 10.1. The van der Waals surface area contributed by atoms with Crippen molar-refractivity contribution in [1.29, 1.82) is 0 Å². The molecular weight excluding hydrogens is 334 g/mol. The predicted octanol–water partition coefficient (Wildman–Crippen LogP) is 0.939. The van der Waals surface area contributed by atoms with Crippen LogP contribution in [0.2, 0.25) is 0 Å². The highest BCUT2D eigenvalue weighted by Crippen LogP contribution is 2.17. The van der Waals surface area contributed by atoms with Gasteiger partial charge in [-0.1, -0.05) is 0 Å². The van der Waals surface area contributed by atoms with Crippen LogP contribution in [0.1, 0.15) is 13.3 Å². The number of carbonyl (C=O) groups is 2. The van der Waals surface area contributed by atoms with Crippen LogP contribution in [0.3, 0.4) is 0 Å². The fourth-order valence-electron chi connectivity index (χ4n) is 2.27. The van der Waals surface area contributed by atoms with E-state index in [0.717, 1.165) is 0 Å². The van der Waals surface area contributed by atoms with E-state index in [2.05, 4.69) is 16.0 Å². The van der Waals surface area contributed by atoms with Crippen LogP contribution in [0, 0.1) is 0 Å². The van der Waals surface area contributed by atoms with Crippen molar-refractivity contribution in [2.75, 3.05) is 32.1 Å². The number of morpholine rings is 1. The highest BCUT2D eigenvalue weighted by Gasteiger charge is 2.28. The van der Waals surface area contributed by atoms with Crippen LogP contribution in [0.4, 0.5) is 5.69 Å². The molecular formula is C16H24ClN3O4. The van der Waals surface area contributed by atoms with Crippen molar-refractivity contribution in [2.45, 2.75) is 25.5 Å². The maximum atomic E-state index is 12.2. The number of benzene rings is 1. The van der Waals surface area contributed by atoms with Gasteiger partial charge in [-0.3, -0.25) is 9.59 Å². The number of hydrogen-bond acceptors (Lipinski definition) is 5. The van der Waals surface area contributed by atoms with E-state index in [1.807, 2.05) is 6.92 Å². The van der Waals surface area contributed by atoms with Gasteiger partial charge in [0.15, 0.2) is 0 Å². The molecule has 24 heavy (non-hydrogen) atoms. The summed E-state index contributed by atoms with van der Waals surface area (Å²) in [7, 11) is 1.59. The Kier molecular flexibility index (Phi) is 8.53. The quantitative estimate of drug-likeness (QED) is 0.705. The number of anilines is 1. The summed E-state index contributed by atoms with van der Waals surface area (Å²) < 4.78 is 10.9. The number of halogens is 1. The van der Waals surface area contributed by atoms with E-state index in [-0.39, 0.29) is 36.4 Å². The number of nitrogens with one attached hydrogen (secondary N) is 3. The minimum Gasteiger partial charge on any atom is -0.493 e. The summed E-state index contributed by atoms with van der Waals surface area (Å²) in [6.45, 7) is 3.47. The van der Waals surface area contributed by atoms with Crippen LogP contribution in [-0.2, 0) is 14.3 Å². The maximum absolute atomic E-state index is 12.2. The van der Waals surface area contributed by atoms with Crippen molar-refractivity contribution in [3.8, 4) is 5.75 Å². The van der Waals surface area contributed by atoms with Gasteiger partial charge < -0.3 is 25.4 Å². The fourth-order valence-corrected chi connectivity index (χ4v) is 2.27. The van der Waals surface area contributed by atoms with Crippen LogP contribution < -0.4 is 20.7 Å². The highest BCUT2D eigenvalue weighted by atomic mass is 35.5. The summed E-state index contributed by atoms with van der Waals surface area (Å²) in [6.07, 6.45) is 0.149. The average molecular weight is 358 g/mol. The number of hydrogen-bond donors (Lipinski definition) is 3. The zero-order valence-corrected chi connectivity index (χ0v) is 14.7. The Balaban J connectivity index is 0.00000288. The van der Waals surface area contributed by atoms with Crippen molar-refractivity contribution < 1.29 is 19.1 Å². The number of rotatable bonds is 6. The van der Waals surface area contributed by atoms with E-state index in [1.54, 1.807) is 31.3 Å². The Morgan fingerprint density at radius 2 is 2.04 bits per heavy atom. The van der Waals surface area contributed by atoms with Crippen LogP contribution >= 0.6 is 12.4 Å². The van der Waals surface area contributed by atoms with E-state index in [0.29, 0.717) is 37.6 Å². The molecule has 0 bridgehead atoms. The predicted molar refractivity (Wildman–Crippen MR) is 93.7 cm³/mol. The molecule has 1 saturated heterocycles. The minimum atomic E-state index is -0.354. The first-order valence-corrected chi connectivity index (χ1v) is 7.69. The van der Waals surface area contributed by atoms with Crippen LogP contribution in [0.25, 0.3) is 0 Å². The Labute approximate surface area is 147 Å². The van der Waals surface area contributed by atoms with Gasteiger partial charge >= 0.3 is 0 Å². The third kappa shape index (κ3) is 5.99. The van der Waals surface area contributed by atoms with Gasteiger partial charge in [-0.25, -0.2) is 0 Å². The molecule has 1 aromatic carbocycles. The highest BCUT2D eigenvalue weighted by molar-refractivity contribution is 5.95. The van der Waals surface area contributed by atoms with Gasteiger partial charge in [-0.05, 0) is 31.2 Å². The van der Waals surface area contributed by atoms with Crippen molar-refractivity contribution in [1.82, 2.24) is 10.6 Å². The zero-order valence-electron chi connectivity index (χ0n) is 13.8. The Hall–Kier alpha value is -1.83. The maximum Gasteiger partial charge on any atom is 0.244 e. The van der Waals surface area contributed by atoms with Gasteiger partial charge in [0.25, 0.3) is 0 Å². The lowest BCUT2D eigenvalue weighted by Gasteiger charge is -2.29. The average Bonchev–Trinajstić information content (AvgIpc) is 2.56. The largest absolute Gasteiger partial charge is 0.493 e. The summed E-state index contributed by atoms with van der Waals surface area (Å²) >= 11 is 0. The first-order valence-electron chi connectivity index (χ1n) is 7.69. The fraction of sp³-hybridized carbons (Fsp3) is 0.500. The molecule has 1 heterocycles. The molecule has 8 heteroatoms. The summed E-state index contributed by atoms with van der Waals surface area (Å²) in [4.78, 5) is 23.3. The molecule has 0 radical (unpaired) electrons. The first-order chi connectivity index (χ1) is 11.1. The molecule has 1 aliphatic rings. The van der Waals surface area contributed by atoms with Gasteiger partial charge in [-0.2, -0.15) is 0 Å². The zero-order chi connectivity index (χ0) is 16.7. The normalized spacial score (nSPS) is 19.8. The second-order valence-corrected chi connectivity index (χ2v) is 5.29. The van der Waals surface area contributed by atoms with Gasteiger partial charge in [0.2, 0.25) is 11.8 Å². The van der Waals surface area contributed by atoms with Gasteiger partial charge in [0.05, 0.1) is 25.7 Å². The molecule has 1 fully saturated rings. The van der Waals surface area contributed by atoms with Gasteiger partial charge in [0.1, 0.15) is 11.8 Å². The molecule has 1 aromatic rings. The Morgan fingerprint density at radius 1 is 1.33 bits per heavy atom. The third-order valence-corrected chi connectivity index (χ3v) is 3.60. The molecule has 0 aromatic heterocycles. The van der Waals surface area contributed by atoms with Gasteiger partial charge in [-0.15, -0.1) is 12.4 Å². The van der Waals surface area contributed by atoms with Crippen LogP contribution in [0.15, 0.2) is 24.3 Å². The summed E-state index contributed by atoms with van der Waals surface area (Å²) in [5.41, 5.74) is 0.688. The molecule has 2 amide bonds. The van der Waals surface area contributed by atoms with E-state index in [1.165, 1.54) is 0 Å². The van der Waals surface area contributed by atoms with E-state index >= 15 is 0 Å². The summed E-state index contributed by atoms with van der Waals surface area (Å²) in [5.74, 6) is 0.468. The molecule has 0 unspecified atom stereocenters. The molecule has 3 N–H and O–H groups in total.